The summed E-state index contributed by atoms with van der Waals surface area (Å²) >= 11 is 0. The first-order valence-corrected chi connectivity index (χ1v) is 6.81. The summed E-state index contributed by atoms with van der Waals surface area (Å²) in [4.78, 5) is 8.43. The number of hydrogen-bond donors (Lipinski definition) is 2. The minimum atomic E-state index is -0.493. The lowest BCUT2D eigenvalue weighted by Crippen LogP contribution is -1.99. The van der Waals surface area contributed by atoms with Crippen LogP contribution in [0.5, 0.6) is 11.5 Å². The maximum absolute atomic E-state index is 13.6. The Hall–Kier alpha value is -3.09. The van der Waals surface area contributed by atoms with Crippen molar-refractivity contribution in [2.45, 2.75) is 0 Å². The first kappa shape index (κ1) is 14.8. The van der Waals surface area contributed by atoms with E-state index in [-0.39, 0.29) is 5.69 Å². The Labute approximate surface area is 132 Å². The monoisotopic (exact) mass is 314 g/mol. The lowest BCUT2D eigenvalue weighted by atomic mass is 10.2. The van der Waals surface area contributed by atoms with Crippen LogP contribution in [0.4, 0.5) is 21.6 Å². The molecule has 0 aliphatic heterocycles. The minimum Gasteiger partial charge on any atom is -0.493 e. The van der Waals surface area contributed by atoms with Crippen LogP contribution in [-0.2, 0) is 0 Å². The van der Waals surface area contributed by atoms with Crippen LogP contribution in [0.2, 0.25) is 0 Å². The molecule has 3 aromatic rings. The molecule has 0 bridgehead atoms. The number of nitrogen functional groups attached to an aromatic ring is 1. The third kappa shape index (κ3) is 2.80. The molecule has 0 aliphatic rings. The third-order valence-corrected chi connectivity index (χ3v) is 3.40. The molecular formula is C16H15FN4O2. The molecule has 1 aromatic heterocycles. The highest BCUT2D eigenvalue weighted by atomic mass is 19.1. The van der Waals surface area contributed by atoms with Gasteiger partial charge in [0, 0.05) is 17.1 Å². The maximum Gasteiger partial charge on any atom is 0.162 e. The first-order valence-electron chi connectivity index (χ1n) is 6.81. The molecule has 0 fully saturated rings. The van der Waals surface area contributed by atoms with Crippen LogP contribution in [0.3, 0.4) is 0 Å². The van der Waals surface area contributed by atoms with Crippen molar-refractivity contribution in [2.75, 3.05) is 25.3 Å². The number of rotatable bonds is 4. The Bertz CT molecular complexity index is 870. The number of nitrogens with one attached hydrogen (secondary N) is 1. The van der Waals surface area contributed by atoms with Crippen molar-refractivity contribution in [3.63, 3.8) is 0 Å². The quantitative estimate of drug-likeness (QED) is 0.720. The second-order valence-corrected chi connectivity index (χ2v) is 4.81. The average Bonchev–Trinajstić information content (AvgIpc) is 2.57. The zero-order valence-corrected chi connectivity index (χ0v) is 12.6. The van der Waals surface area contributed by atoms with Gasteiger partial charge in [-0.05, 0) is 24.3 Å². The van der Waals surface area contributed by atoms with E-state index >= 15 is 0 Å². The number of aromatic nitrogens is 2. The van der Waals surface area contributed by atoms with Crippen molar-refractivity contribution in [1.29, 1.82) is 0 Å². The van der Waals surface area contributed by atoms with Gasteiger partial charge in [0.25, 0.3) is 0 Å². The van der Waals surface area contributed by atoms with E-state index in [0.29, 0.717) is 28.5 Å². The van der Waals surface area contributed by atoms with Crippen molar-refractivity contribution in [3.8, 4) is 11.5 Å². The summed E-state index contributed by atoms with van der Waals surface area (Å²) in [5, 5.41) is 3.79. The summed E-state index contributed by atoms with van der Waals surface area (Å²) in [5.41, 5.74) is 6.79. The fraction of sp³-hybridized carbons (Fsp3) is 0.125. The van der Waals surface area contributed by atoms with E-state index in [0.717, 1.165) is 5.39 Å². The number of anilines is 3. The number of halogens is 1. The fourth-order valence-corrected chi connectivity index (χ4v) is 2.22. The summed E-state index contributed by atoms with van der Waals surface area (Å²) in [6, 6.07) is 8.00. The van der Waals surface area contributed by atoms with Crippen molar-refractivity contribution in [1.82, 2.24) is 9.97 Å². The Morgan fingerprint density at radius 1 is 1.04 bits per heavy atom. The van der Waals surface area contributed by atoms with Gasteiger partial charge in [-0.15, -0.1) is 0 Å². The zero-order valence-electron chi connectivity index (χ0n) is 12.6. The van der Waals surface area contributed by atoms with Gasteiger partial charge in [0.05, 0.1) is 25.4 Å². The highest BCUT2D eigenvalue weighted by Crippen LogP contribution is 2.34. The fourth-order valence-electron chi connectivity index (χ4n) is 2.22. The highest BCUT2D eigenvalue weighted by Gasteiger charge is 2.11. The van der Waals surface area contributed by atoms with Crippen molar-refractivity contribution < 1.29 is 13.9 Å². The topological polar surface area (TPSA) is 82.3 Å². The smallest absolute Gasteiger partial charge is 0.162 e. The number of fused-ring (bicyclic) bond motifs is 1. The van der Waals surface area contributed by atoms with Crippen LogP contribution in [0, 0.1) is 5.82 Å². The molecule has 0 atom stereocenters. The van der Waals surface area contributed by atoms with E-state index < -0.39 is 5.82 Å². The van der Waals surface area contributed by atoms with E-state index in [1.54, 1.807) is 32.4 Å². The van der Waals surface area contributed by atoms with Crippen LogP contribution in [0.1, 0.15) is 0 Å². The molecule has 3 rings (SSSR count). The van der Waals surface area contributed by atoms with E-state index in [2.05, 4.69) is 15.3 Å². The van der Waals surface area contributed by atoms with Gasteiger partial charge < -0.3 is 20.5 Å². The largest absolute Gasteiger partial charge is 0.493 e. The summed E-state index contributed by atoms with van der Waals surface area (Å²) in [6.07, 6.45) is 1.42. The molecule has 0 radical (unpaired) electrons. The van der Waals surface area contributed by atoms with Gasteiger partial charge in [0.2, 0.25) is 0 Å². The van der Waals surface area contributed by atoms with Gasteiger partial charge in [-0.2, -0.15) is 0 Å². The van der Waals surface area contributed by atoms with Gasteiger partial charge in [0.15, 0.2) is 11.5 Å². The van der Waals surface area contributed by atoms with E-state index in [9.17, 15) is 4.39 Å². The molecule has 6 nitrogen and oxygen atoms in total. The summed E-state index contributed by atoms with van der Waals surface area (Å²) in [6.45, 7) is 0. The van der Waals surface area contributed by atoms with Crippen LogP contribution < -0.4 is 20.5 Å². The van der Waals surface area contributed by atoms with E-state index in [1.807, 2.05) is 0 Å². The highest BCUT2D eigenvalue weighted by molar-refractivity contribution is 5.93. The molecule has 0 saturated carbocycles. The maximum atomic E-state index is 13.6. The molecule has 7 heteroatoms. The molecule has 1 heterocycles. The molecule has 2 aromatic carbocycles. The van der Waals surface area contributed by atoms with Crippen molar-refractivity contribution in [3.05, 3.63) is 42.5 Å². The number of methoxy groups -OCH3 is 2. The summed E-state index contributed by atoms with van der Waals surface area (Å²) in [7, 11) is 3.11. The Kier molecular flexibility index (Phi) is 3.84. The molecule has 118 valence electrons. The average molecular weight is 314 g/mol. The molecule has 0 spiro atoms. The first-order chi connectivity index (χ1) is 11.1. The van der Waals surface area contributed by atoms with Gasteiger partial charge in [-0.3, -0.25) is 0 Å². The van der Waals surface area contributed by atoms with Gasteiger partial charge >= 0.3 is 0 Å². The van der Waals surface area contributed by atoms with Gasteiger partial charge in [-0.1, -0.05) is 0 Å². The zero-order chi connectivity index (χ0) is 16.4. The normalized spacial score (nSPS) is 10.6. The number of ether oxygens (including phenoxy) is 2. The molecule has 23 heavy (non-hydrogen) atoms. The molecular weight excluding hydrogens is 299 g/mol. The van der Waals surface area contributed by atoms with Gasteiger partial charge in [-0.25, -0.2) is 14.4 Å². The SMILES string of the molecule is COc1cc2ncnc(Nc3ccc(N)c(F)c3)c2cc1OC. The standard InChI is InChI=1S/C16H15FN4O2/c1-22-14-6-10-13(7-15(14)23-2)19-8-20-16(10)21-9-3-4-12(18)11(17)5-9/h3-8H,18H2,1-2H3,(H,19,20,21). The number of benzene rings is 2. The Morgan fingerprint density at radius 3 is 2.48 bits per heavy atom. The predicted molar refractivity (Wildman–Crippen MR) is 86.7 cm³/mol. The second kappa shape index (κ2) is 5.96. The minimum absolute atomic E-state index is 0.0921. The van der Waals surface area contributed by atoms with Crippen molar-refractivity contribution >= 4 is 28.1 Å². The van der Waals surface area contributed by atoms with Crippen LogP contribution in [0.15, 0.2) is 36.7 Å². The van der Waals surface area contributed by atoms with Crippen molar-refractivity contribution in [2.24, 2.45) is 0 Å². The second-order valence-electron chi connectivity index (χ2n) is 4.81. The molecule has 3 N–H and O–H groups in total. The third-order valence-electron chi connectivity index (χ3n) is 3.40. The Morgan fingerprint density at radius 2 is 1.78 bits per heavy atom. The van der Waals surface area contributed by atoms with Crippen LogP contribution in [0.25, 0.3) is 10.9 Å². The van der Waals surface area contributed by atoms with Gasteiger partial charge in [0.1, 0.15) is 18.0 Å². The van der Waals surface area contributed by atoms with E-state index in [1.165, 1.54) is 18.5 Å². The number of nitrogens with two attached hydrogens (primary N) is 1. The molecule has 0 saturated heterocycles. The predicted octanol–water partition coefficient (Wildman–Crippen LogP) is 3.11. The molecule has 0 unspecified atom stereocenters. The van der Waals surface area contributed by atoms with Crippen LogP contribution in [-0.4, -0.2) is 24.2 Å². The number of hydrogen-bond acceptors (Lipinski definition) is 6. The Balaban J connectivity index is 2.08. The summed E-state index contributed by atoms with van der Waals surface area (Å²) in [5.74, 6) is 1.16. The van der Waals surface area contributed by atoms with Crippen LogP contribution >= 0.6 is 0 Å². The van der Waals surface area contributed by atoms with E-state index in [4.69, 9.17) is 15.2 Å². The number of nitrogens with zero attached hydrogens (tertiary/aromatic N) is 2. The molecule has 0 aliphatic carbocycles. The summed E-state index contributed by atoms with van der Waals surface area (Å²) < 4.78 is 24.1. The lowest BCUT2D eigenvalue weighted by Gasteiger charge is -2.12. The molecule has 0 amide bonds. The lowest BCUT2D eigenvalue weighted by molar-refractivity contribution is 0.356.